The van der Waals surface area contributed by atoms with E-state index in [0.29, 0.717) is 24.9 Å². The molecule has 0 spiro atoms. The number of hydrogen-bond donors (Lipinski definition) is 1. The van der Waals surface area contributed by atoms with Crippen molar-refractivity contribution in [3.63, 3.8) is 0 Å². The number of nitrogens with zero attached hydrogens (tertiary/aromatic N) is 2. The molecule has 2 heterocycles. The number of nitro groups is 1. The molecule has 2 atom stereocenters. The average molecular weight is 457 g/mol. The molecule has 1 saturated heterocycles. The first-order chi connectivity index (χ1) is 15.8. The fourth-order valence-electron chi connectivity index (χ4n) is 3.90. The molecule has 1 aromatic carbocycles. The van der Waals surface area contributed by atoms with Gasteiger partial charge in [0, 0.05) is 19.2 Å². The van der Waals surface area contributed by atoms with Crippen LogP contribution in [0, 0.1) is 16.0 Å². The fourth-order valence-corrected chi connectivity index (χ4v) is 3.90. The van der Waals surface area contributed by atoms with Crippen molar-refractivity contribution in [2.24, 2.45) is 5.92 Å². The van der Waals surface area contributed by atoms with Crippen molar-refractivity contribution in [1.29, 1.82) is 0 Å². The van der Waals surface area contributed by atoms with E-state index in [0.717, 1.165) is 0 Å². The van der Waals surface area contributed by atoms with Crippen molar-refractivity contribution >= 4 is 23.5 Å². The van der Waals surface area contributed by atoms with Crippen LogP contribution in [0.15, 0.2) is 47.3 Å². The van der Waals surface area contributed by atoms with E-state index in [1.54, 1.807) is 30.9 Å². The molecule has 1 aliphatic heterocycles. The molecule has 1 N–H and O–H groups in total. The smallest absolute Gasteiger partial charge is 0.308 e. The summed E-state index contributed by atoms with van der Waals surface area (Å²) in [4.78, 5) is 50.7. The Morgan fingerprint density at radius 1 is 1.27 bits per heavy atom. The first-order valence-electron chi connectivity index (χ1n) is 10.8. The summed E-state index contributed by atoms with van der Waals surface area (Å²) in [6.07, 6.45) is 3.35. The van der Waals surface area contributed by atoms with Crippen LogP contribution in [0.1, 0.15) is 55.1 Å². The number of rotatable bonds is 8. The lowest BCUT2D eigenvalue weighted by Gasteiger charge is -2.32. The highest BCUT2D eigenvalue weighted by Gasteiger charge is 2.33. The van der Waals surface area contributed by atoms with E-state index in [4.69, 9.17) is 9.15 Å². The van der Waals surface area contributed by atoms with Crippen LogP contribution in [0.5, 0.6) is 0 Å². The molecule has 2 amide bonds. The summed E-state index contributed by atoms with van der Waals surface area (Å²) < 4.78 is 10.2. The Bertz CT molecular complexity index is 1000. The molecule has 2 unspecified atom stereocenters. The largest absolute Gasteiger partial charge is 0.472 e. The van der Waals surface area contributed by atoms with Gasteiger partial charge in [0.05, 0.1) is 46.8 Å². The number of carbonyl (C=O) groups excluding carboxylic acids is 3. The van der Waals surface area contributed by atoms with Crippen LogP contribution in [0.25, 0.3) is 0 Å². The summed E-state index contributed by atoms with van der Waals surface area (Å²) in [5.41, 5.74) is 0.435. The lowest BCUT2D eigenvalue weighted by atomic mass is 9.95. The second-order valence-corrected chi connectivity index (χ2v) is 8.22. The second kappa shape index (κ2) is 10.8. The van der Waals surface area contributed by atoms with Gasteiger partial charge in [-0.3, -0.25) is 24.5 Å². The van der Waals surface area contributed by atoms with Gasteiger partial charge in [-0.25, -0.2) is 0 Å². The van der Waals surface area contributed by atoms with Gasteiger partial charge in [0.2, 0.25) is 5.91 Å². The molecule has 0 radical (unpaired) electrons. The third kappa shape index (κ3) is 6.18. The number of nitro benzene ring substituents is 1. The van der Waals surface area contributed by atoms with E-state index in [2.05, 4.69) is 5.32 Å². The monoisotopic (exact) mass is 457 g/mol. The highest BCUT2D eigenvalue weighted by molar-refractivity contribution is 5.94. The number of ether oxygens (including phenoxy) is 1. The van der Waals surface area contributed by atoms with Crippen molar-refractivity contribution in [1.82, 2.24) is 10.2 Å². The first kappa shape index (κ1) is 24.0. The van der Waals surface area contributed by atoms with E-state index >= 15 is 0 Å². The van der Waals surface area contributed by atoms with Gasteiger partial charge in [0.15, 0.2) is 0 Å². The minimum atomic E-state index is -0.940. The maximum atomic E-state index is 13.1. The summed E-state index contributed by atoms with van der Waals surface area (Å²) in [7, 11) is 0. The zero-order valence-electron chi connectivity index (χ0n) is 18.6. The molecule has 0 saturated carbocycles. The van der Waals surface area contributed by atoms with Crippen LogP contribution < -0.4 is 5.32 Å². The number of likely N-dealkylation sites (tertiary alicyclic amines) is 1. The quantitative estimate of drug-likeness (QED) is 0.366. The van der Waals surface area contributed by atoms with E-state index in [-0.39, 0.29) is 42.1 Å². The standard InChI is InChI=1S/C23H27N3O7/c1-15(2)33-21(27)12-19(18-7-3-4-8-20(18)26(30)31)24-22(28)16-6-5-10-25(13-16)23(29)17-9-11-32-14-17/h3-4,7-9,11,14-16,19H,5-6,10,12-13H2,1-2H3,(H,24,28). The van der Waals surface area contributed by atoms with Crippen LogP contribution >= 0.6 is 0 Å². The number of benzene rings is 1. The van der Waals surface area contributed by atoms with Gasteiger partial charge in [-0.2, -0.15) is 0 Å². The van der Waals surface area contributed by atoms with Gasteiger partial charge in [0.1, 0.15) is 6.26 Å². The van der Waals surface area contributed by atoms with Gasteiger partial charge >= 0.3 is 5.97 Å². The second-order valence-electron chi connectivity index (χ2n) is 8.22. The molecule has 10 nitrogen and oxygen atoms in total. The first-order valence-corrected chi connectivity index (χ1v) is 10.8. The number of esters is 1. The SMILES string of the molecule is CC(C)OC(=O)CC(NC(=O)C1CCCN(C(=O)c2ccoc2)C1)c1ccccc1[N+](=O)[O-]. The highest BCUT2D eigenvalue weighted by Crippen LogP contribution is 2.29. The summed E-state index contributed by atoms with van der Waals surface area (Å²) in [5, 5.41) is 14.3. The van der Waals surface area contributed by atoms with Crippen molar-refractivity contribution < 1.29 is 28.5 Å². The Balaban J connectivity index is 1.77. The molecule has 1 fully saturated rings. The summed E-state index contributed by atoms with van der Waals surface area (Å²) in [6, 6.07) is 6.60. The number of hydrogen-bond acceptors (Lipinski definition) is 7. The lowest BCUT2D eigenvalue weighted by Crippen LogP contribution is -2.46. The predicted molar refractivity (Wildman–Crippen MR) is 117 cm³/mol. The Kier molecular flexibility index (Phi) is 7.81. The predicted octanol–water partition coefficient (Wildman–Crippen LogP) is 3.24. The zero-order valence-corrected chi connectivity index (χ0v) is 18.6. The third-order valence-corrected chi connectivity index (χ3v) is 5.41. The van der Waals surface area contributed by atoms with Crippen LogP contribution in [-0.2, 0) is 14.3 Å². The number of nitrogens with one attached hydrogen (secondary N) is 1. The molecule has 176 valence electrons. The maximum Gasteiger partial charge on any atom is 0.308 e. The van der Waals surface area contributed by atoms with E-state index in [1.165, 1.54) is 30.7 Å². The van der Waals surface area contributed by atoms with Crippen molar-refractivity contribution in [3.05, 3.63) is 64.1 Å². The van der Waals surface area contributed by atoms with E-state index in [9.17, 15) is 24.5 Å². The maximum absolute atomic E-state index is 13.1. The van der Waals surface area contributed by atoms with Crippen LogP contribution in [-0.4, -0.2) is 46.8 Å². The summed E-state index contributed by atoms with van der Waals surface area (Å²) >= 11 is 0. The average Bonchev–Trinajstić information content (AvgIpc) is 3.32. The molecule has 10 heteroatoms. The van der Waals surface area contributed by atoms with Gasteiger partial charge in [-0.1, -0.05) is 18.2 Å². The Hall–Kier alpha value is -3.69. The Labute approximate surface area is 191 Å². The number of amides is 2. The minimum absolute atomic E-state index is 0.194. The molecule has 0 aliphatic carbocycles. The molecule has 2 aromatic rings. The Morgan fingerprint density at radius 2 is 2.03 bits per heavy atom. The number of para-hydroxylation sites is 1. The highest BCUT2D eigenvalue weighted by atomic mass is 16.6. The van der Waals surface area contributed by atoms with Gasteiger partial charge in [-0.15, -0.1) is 0 Å². The molecular formula is C23H27N3O7. The van der Waals surface area contributed by atoms with Crippen LogP contribution in [0.4, 0.5) is 5.69 Å². The lowest BCUT2D eigenvalue weighted by molar-refractivity contribution is -0.385. The van der Waals surface area contributed by atoms with Gasteiger partial charge in [0.25, 0.3) is 11.6 Å². The van der Waals surface area contributed by atoms with Crippen molar-refractivity contribution in [3.8, 4) is 0 Å². The third-order valence-electron chi connectivity index (χ3n) is 5.41. The molecule has 1 aliphatic rings. The molecule has 0 bridgehead atoms. The Morgan fingerprint density at radius 3 is 2.70 bits per heavy atom. The molecule has 3 rings (SSSR count). The molecular weight excluding hydrogens is 430 g/mol. The molecule has 1 aromatic heterocycles. The van der Waals surface area contributed by atoms with Gasteiger partial charge in [-0.05, 0) is 32.8 Å². The minimum Gasteiger partial charge on any atom is -0.472 e. The van der Waals surface area contributed by atoms with E-state index in [1.807, 2.05) is 0 Å². The zero-order chi connectivity index (χ0) is 24.0. The van der Waals surface area contributed by atoms with Gasteiger partial charge < -0.3 is 19.4 Å². The van der Waals surface area contributed by atoms with Crippen molar-refractivity contribution in [2.45, 2.75) is 45.3 Å². The van der Waals surface area contributed by atoms with Crippen molar-refractivity contribution in [2.75, 3.05) is 13.1 Å². The fraction of sp³-hybridized carbons (Fsp3) is 0.435. The topological polar surface area (TPSA) is 132 Å². The van der Waals surface area contributed by atoms with Crippen LogP contribution in [0.3, 0.4) is 0 Å². The summed E-state index contributed by atoms with van der Waals surface area (Å²) in [5.74, 6) is -1.69. The molecule has 33 heavy (non-hydrogen) atoms. The normalized spacial score (nSPS) is 16.8. The number of piperidine rings is 1. The van der Waals surface area contributed by atoms with E-state index < -0.39 is 22.9 Å². The number of carbonyl (C=O) groups is 3. The number of furan rings is 1. The summed E-state index contributed by atoms with van der Waals surface area (Å²) in [6.45, 7) is 4.12. The van der Waals surface area contributed by atoms with Crippen LogP contribution in [0.2, 0.25) is 0 Å².